The molecule has 0 saturated carbocycles. The van der Waals surface area contributed by atoms with Crippen molar-refractivity contribution in [1.29, 1.82) is 0 Å². The Morgan fingerprint density at radius 2 is 0.477 bits per heavy atom. The number of aromatic nitrogens is 6. The van der Waals surface area contributed by atoms with Crippen LogP contribution in [0.25, 0.3) is 167 Å². The third-order valence-corrected chi connectivity index (χ3v) is 26.1. The Bertz CT molecular complexity index is 7830. The first-order valence-electron chi connectivity index (χ1n) is 43.5. The summed E-state index contributed by atoms with van der Waals surface area (Å²) in [4.78, 5) is 29.7. The van der Waals surface area contributed by atoms with Crippen molar-refractivity contribution in [2.24, 2.45) is 0 Å². The van der Waals surface area contributed by atoms with Crippen molar-refractivity contribution >= 4 is 72.0 Å². The summed E-state index contributed by atoms with van der Waals surface area (Å²) in [5.41, 5.74) is 28.0. The lowest BCUT2D eigenvalue weighted by molar-refractivity contribution is 0.615. The molecule has 130 heavy (non-hydrogen) atoms. The van der Waals surface area contributed by atoms with Gasteiger partial charge in [0.05, 0.1) is 10.8 Å². The zero-order valence-corrected chi connectivity index (χ0v) is 72.2. The molecular weight excluding hydrogens is 1650 g/mol. The summed E-state index contributed by atoms with van der Waals surface area (Å²) in [5.74, 6) is 3.89. The van der Waals surface area contributed by atoms with Crippen LogP contribution in [0.4, 0.5) is 0 Å². The normalized spacial score (nSPS) is 13.8. The molecule has 1 radical (unpaired) electrons. The second-order valence-corrected chi connectivity index (χ2v) is 33.6. The highest BCUT2D eigenvalue weighted by Gasteiger charge is 2.48. The van der Waals surface area contributed by atoms with Gasteiger partial charge in [0.25, 0.3) is 0 Å². The van der Waals surface area contributed by atoms with Gasteiger partial charge in [-0.15, -0.1) is 0 Å². The van der Waals surface area contributed by atoms with Gasteiger partial charge in [-0.3, -0.25) is 0 Å². The first-order chi connectivity index (χ1) is 63.8. The summed E-state index contributed by atoms with van der Waals surface area (Å²) < 4.78 is 0.959. The van der Waals surface area contributed by atoms with Gasteiger partial charge in [0.2, 0.25) is 0 Å². The molecule has 2 aliphatic carbocycles. The molecule has 10 heteroatoms. The van der Waals surface area contributed by atoms with Gasteiger partial charge >= 0.3 is 7.48 Å². The Morgan fingerprint density at radius 1 is 0.200 bits per heavy atom. The molecule has 2 aliphatic rings. The van der Waals surface area contributed by atoms with E-state index in [0.29, 0.717) is 34.9 Å². The molecule has 2 unspecified atom stereocenters. The minimum Gasteiger partial charge on any atom is -0.450 e. The Kier molecular flexibility index (Phi) is 21.8. The van der Waals surface area contributed by atoms with E-state index in [1.165, 1.54) is 93.7 Å². The van der Waals surface area contributed by atoms with Crippen molar-refractivity contribution in [3.8, 4) is 124 Å². The van der Waals surface area contributed by atoms with Crippen molar-refractivity contribution < 1.29 is 10.5 Å². The average Bonchev–Trinajstić information content (AvgIpc) is 1.53. The molecular formula is C120H81BBrN6O2. The van der Waals surface area contributed by atoms with Crippen molar-refractivity contribution in [3.63, 3.8) is 0 Å². The van der Waals surface area contributed by atoms with Gasteiger partial charge in [0, 0.05) is 37.9 Å². The highest BCUT2D eigenvalue weighted by Crippen LogP contribution is 2.60. The molecule has 3 N–H and O–H groups in total. The lowest BCUT2D eigenvalue weighted by Crippen LogP contribution is -2.28. The molecule has 0 spiro atoms. The number of nitrogens with zero attached hydrogens (tertiary/aromatic N) is 6. The topological polar surface area (TPSA) is 129 Å². The summed E-state index contributed by atoms with van der Waals surface area (Å²) in [6.07, 6.45) is 0. The van der Waals surface area contributed by atoms with E-state index < -0.39 is 10.8 Å². The van der Waals surface area contributed by atoms with Gasteiger partial charge in [-0.1, -0.05) is 470 Å². The summed E-state index contributed by atoms with van der Waals surface area (Å²) >= 11 is 3.72. The average molecular weight is 1730 g/mol. The number of hydrogen-bond acceptors (Lipinski definition) is 7. The van der Waals surface area contributed by atoms with E-state index in [0.717, 1.165) is 100 Å². The van der Waals surface area contributed by atoms with Crippen LogP contribution in [0, 0.1) is 0 Å². The maximum atomic E-state index is 9.29. The second kappa shape index (κ2) is 35.0. The van der Waals surface area contributed by atoms with Crippen LogP contribution in [0.2, 0.25) is 0 Å². The van der Waals surface area contributed by atoms with Gasteiger partial charge in [-0.2, -0.15) is 0 Å². The quantitative estimate of drug-likeness (QED) is 0.107. The molecule has 0 amide bonds. The zero-order chi connectivity index (χ0) is 86.2. The largest absolute Gasteiger partial charge is 0.450 e. The summed E-state index contributed by atoms with van der Waals surface area (Å²) in [6.45, 7) is 0. The lowest BCUT2D eigenvalue weighted by atomic mass is 9.67. The van der Waals surface area contributed by atoms with E-state index in [4.69, 9.17) is 29.9 Å². The summed E-state index contributed by atoms with van der Waals surface area (Å²) in [6, 6.07) is 168. The highest BCUT2D eigenvalue weighted by molar-refractivity contribution is 9.10. The van der Waals surface area contributed by atoms with Crippen LogP contribution in [0.1, 0.15) is 44.5 Å². The molecule has 2 aromatic heterocycles. The van der Waals surface area contributed by atoms with E-state index in [1.807, 2.05) is 121 Å². The smallest absolute Gasteiger partial charge is 0.326 e. The standard InChI is InChI=1S/C60H39N3.C35H24BO.C25H16BrN3.H2O/c1-4-17-44(18-5-1)57-61-58(45-19-6-2-7-20-45)63-59(62-57)53-39-47-22-11-10-21-46(47)38-52(53)43-30-28-40(29-31-43)41-32-35-49(36-33-41)60(48-23-8-3-9-24-48)54-27-15-14-26-51(54)56-50-25-13-12-16-42(50)34-37-55(56)60;37-36-29-21-16-25(17-22-29)24-14-19-28(20-15-24)35(27-9-2-1-3-10-27)32-13-7-6-12-31(32)34-30-11-5-4-8-26(30)18-23-33(34)35;26-22-16-20-14-8-7-13-19(20)15-21(22)25-28-23(17-9-3-1-4-10-17)27-24(29-25)18-11-5-2-6-12-18;/h1-39H;1-23,37H;1-16H;1H2. The van der Waals surface area contributed by atoms with E-state index in [1.54, 1.807) is 0 Å². The minimum atomic E-state index is -0.470. The maximum absolute atomic E-state index is 9.29. The zero-order valence-electron chi connectivity index (χ0n) is 70.6. The third kappa shape index (κ3) is 14.7. The number of rotatable bonds is 14. The van der Waals surface area contributed by atoms with Gasteiger partial charge in [0.15, 0.2) is 34.9 Å². The molecule has 22 aromatic rings. The molecule has 8 nitrogen and oxygen atoms in total. The van der Waals surface area contributed by atoms with Crippen LogP contribution in [-0.4, -0.2) is 47.9 Å². The molecule has 613 valence electrons. The van der Waals surface area contributed by atoms with Crippen LogP contribution < -0.4 is 5.46 Å². The van der Waals surface area contributed by atoms with Gasteiger partial charge < -0.3 is 10.5 Å². The summed E-state index contributed by atoms with van der Waals surface area (Å²) in [7, 11) is 1.13. The fourth-order valence-electron chi connectivity index (χ4n) is 19.4. The molecule has 24 rings (SSSR count). The molecule has 2 atom stereocenters. The van der Waals surface area contributed by atoms with Crippen LogP contribution in [0.5, 0.6) is 0 Å². The molecule has 2 heterocycles. The Labute approximate surface area is 763 Å². The van der Waals surface area contributed by atoms with E-state index in [9.17, 15) is 5.02 Å². The molecule has 0 saturated heterocycles. The predicted molar refractivity (Wildman–Crippen MR) is 539 cm³/mol. The minimum absolute atomic E-state index is 0. The van der Waals surface area contributed by atoms with Crippen molar-refractivity contribution in [1.82, 2.24) is 29.9 Å². The van der Waals surface area contributed by atoms with Crippen molar-refractivity contribution in [3.05, 3.63) is 522 Å². The Morgan fingerprint density at radius 3 is 0.862 bits per heavy atom. The number of halogens is 1. The van der Waals surface area contributed by atoms with Gasteiger partial charge in [0.1, 0.15) is 0 Å². The van der Waals surface area contributed by atoms with Crippen molar-refractivity contribution in [2.45, 2.75) is 10.8 Å². The fraction of sp³-hybridized carbons (Fsp3) is 0.0167. The highest BCUT2D eigenvalue weighted by atomic mass is 79.9. The van der Waals surface area contributed by atoms with Crippen LogP contribution in [-0.2, 0) is 10.8 Å². The molecule has 0 fully saturated rings. The molecule has 20 aromatic carbocycles. The second-order valence-electron chi connectivity index (χ2n) is 32.7. The van der Waals surface area contributed by atoms with Gasteiger partial charge in [-0.25, -0.2) is 29.9 Å². The third-order valence-electron chi connectivity index (χ3n) is 25.4. The Hall–Kier alpha value is -16.1. The lowest BCUT2D eigenvalue weighted by Gasteiger charge is -2.34. The van der Waals surface area contributed by atoms with E-state index in [-0.39, 0.29) is 5.48 Å². The van der Waals surface area contributed by atoms with E-state index >= 15 is 0 Å². The van der Waals surface area contributed by atoms with Crippen LogP contribution in [0.3, 0.4) is 0 Å². The maximum Gasteiger partial charge on any atom is 0.326 e. The first-order valence-corrected chi connectivity index (χ1v) is 44.3. The SMILES string of the molecule is Brc1cc2ccccc2cc1-c1nc(-c2ccccc2)nc(-c2ccccc2)n1.O.O[B]c1ccc(-c2ccc(C3(c4ccccc4)c4ccccc4-c4c3ccc3ccccc43)cc2)cc1.c1ccc(-c2nc(-c3ccccc3)nc(-c3cc4ccccc4cc3-c3ccc(-c4ccc(C5(c6ccccc6)c6ccccc6-c6c5ccc5ccccc65)cc4)cc3)n2)cc1. The van der Waals surface area contributed by atoms with Crippen LogP contribution in [0.15, 0.2) is 478 Å². The van der Waals surface area contributed by atoms with Gasteiger partial charge in [-0.05, 0) is 167 Å². The number of hydrogen-bond donors (Lipinski definition) is 1. The van der Waals surface area contributed by atoms with E-state index in [2.05, 4.69) is 368 Å². The summed E-state index contributed by atoms with van der Waals surface area (Å²) in [5, 5.41) is 19.0. The van der Waals surface area contributed by atoms with Crippen molar-refractivity contribution in [2.75, 3.05) is 0 Å². The van der Waals surface area contributed by atoms with Crippen LogP contribution >= 0.6 is 15.9 Å². The first kappa shape index (κ1) is 81.0. The monoisotopic (exact) mass is 1730 g/mol. The fourth-order valence-corrected chi connectivity index (χ4v) is 19.9. The number of benzene rings is 20. The number of fused-ring (bicyclic) bond motifs is 12. The molecule has 0 aliphatic heterocycles. The Balaban J connectivity index is 0.000000129. The predicted octanol–water partition coefficient (Wildman–Crippen LogP) is 27.9. The molecule has 0 bridgehead atoms.